The number of benzene rings is 19. The van der Waals surface area contributed by atoms with Crippen LogP contribution in [0.25, 0.3) is 132 Å². The Hall–Kier alpha value is -17.6. The van der Waals surface area contributed by atoms with Gasteiger partial charge in [0.25, 0.3) is 0 Å². The van der Waals surface area contributed by atoms with E-state index in [0.717, 1.165) is 73.9 Å². The number of rotatable bonds is 10. The van der Waals surface area contributed by atoms with Gasteiger partial charge in [0.2, 0.25) is 0 Å². The molecule has 10 nitrogen and oxygen atoms in total. The molecule has 0 atom stereocenters. The average Bonchev–Trinajstić information content (AvgIpc) is 1.47. The van der Waals surface area contributed by atoms with Crippen molar-refractivity contribution in [2.75, 3.05) is 19.6 Å². The Kier molecular flexibility index (Phi) is 18.4. The van der Waals surface area contributed by atoms with Crippen molar-refractivity contribution in [1.82, 2.24) is 27.4 Å². The summed E-state index contributed by atoms with van der Waals surface area (Å²) in [7, 11) is 0. The minimum Gasteiger partial charge on any atom is -0.316 e. The molecule has 0 unspecified atom stereocenters. The van der Waals surface area contributed by atoms with Crippen LogP contribution in [0.15, 0.2) is 486 Å². The minimum absolute atomic E-state index is 0.0753. The molecule has 0 saturated carbocycles. The highest BCUT2D eigenvalue weighted by Gasteiger charge is 2.39. The summed E-state index contributed by atoms with van der Waals surface area (Å²) in [5, 5.41) is 11.3. The van der Waals surface area contributed by atoms with Crippen molar-refractivity contribution in [3.63, 3.8) is 0 Å². The van der Waals surface area contributed by atoms with E-state index in [9.17, 15) is 0 Å². The zero-order valence-electron chi connectivity index (χ0n) is 75.7. The largest absolute Gasteiger partial charge is 0.316 e. The molecule has 0 bridgehead atoms. The first-order valence-corrected chi connectivity index (χ1v) is 47.0. The van der Waals surface area contributed by atoms with Crippen LogP contribution in [0.3, 0.4) is 0 Å². The molecule has 0 amide bonds. The van der Waals surface area contributed by atoms with E-state index in [2.05, 4.69) is 560 Å². The van der Waals surface area contributed by atoms with Crippen LogP contribution in [0.2, 0.25) is 0 Å². The molecule has 6 aromatic heterocycles. The van der Waals surface area contributed by atoms with Crippen LogP contribution in [0, 0.1) is 0 Å². The fraction of sp³-hybridized carbons (Fsp3) is 0.0476. The molecule has 3 aliphatic rings. The molecular weight excluding hydrogens is 1650 g/mol. The predicted molar refractivity (Wildman–Crippen MR) is 569 cm³/mol. The lowest BCUT2D eigenvalue weighted by molar-refractivity contribution is 0.631. The van der Waals surface area contributed by atoms with Crippen LogP contribution < -0.4 is 19.6 Å². The van der Waals surface area contributed by atoms with E-state index in [1.165, 1.54) is 149 Å². The van der Waals surface area contributed by atoms with Crippen LogP contribution in [0.4, 0.5) is 68.2 Å². The summed E-state index contributed by atoms with van der Waals surface area (Å²) in [6, 6.07) is 169. The van der Waals surface area contributed by atoms with Gasteiger partial charge in [-0.2, -0.15) is 0 Å². The van der Waals surface area contributed by atoms with E-state index in [0.29, 0.717) is 0 Å². The van der Waals surface area contributed by atoms with Crippen molar-refractivity contribution >= 4 is 166 Å². The van der Waals surface area contributed by atoms with Crippen LogP contribution in [-0.4, -0.2) is 27.4 Å². The topological polar surface area (TPSA) is 42.5 Å². The van der Waals surface area contributed by atoms with Gasteiger partial charge in [-0.1, -0.05) is 276 Å². The van der Waals surface area contributed by atoms with Crippen molar-refractivity contribution in [1.29, 1.82) is 0 Å². The fourth-order valence-corrected chi connectivity index (χ4v) is 22.5. The molecular formula is C126H92N10. The Balaban J connectivity index is 0.000000106. The SMILES string of the molecule is CC1(C)c2ccccc2N(c2ccc(-n3c4ccccc4c4ccc5c(ccn5-c5ccccc5)c43)cc2)c2ccccc21.CC1(C)c2ccccc2N(c2cccc(-n3c4ccccc4c4ccc5c(ccn5-c5ccccc5)c43)c2)c2ccccc21.c1ccc(N2c3ccccc3N(c3ccc(-n4c5ccccc5c5ccc6c(ccn6-c6ccccc6)c54)cc3)c3ccccc32)cc1. The monoisotopic (exact) mass is 1740 g/mol. The van der Waals surface area contributed by atoms with Crippen LogP contribution in [-0.2, 0) is 10.8 Å². The predicted octanol–water partition coefficient (Wildman–Crippen LogP) is 33.7. The first kappa shape index (κ1) is 79.4. The first-order chi connectivity index (χ1) is 67.1. The highest BCUT2D eigenvalue weighted by atomic mass is 15.3. The number of hydrogen-bond acceptors (Lipinski definition) is 4. The Labute approximate surface area is 788 Å². The lowest BCUT2D eigenvalue weighted by atomic mass is 9.73. The number of anilines is 12. The van der Waals surface area contributed by atoms with E-state index < -0.39 is 0 Å². The molecule has 0 fully saturated rings. The molecule has 9 heterocycles. The molecule has 646 valence electrons. The molecule has 10 heteroatoms. The number of aromatic nitrogens is 6. The van der Waals surface area contributed by atoms with Crippen LogP contribution in [0.5, 0.6) is 0 Å². The summed E-state index contributed by atoms with van der Waals surface area (Å²) in [6.07, 6.45) is 6.58. The van der Waals surface area contributed by atoms with Gasteiger partial charge >= 0.3 is 0 Å². The third kappa shape index (κ3) is 12.4. The standard InChI is InChI=1S/C44H30N4.2C41H31N3/c1-3-13-31(14-4-1)45-30-29-37-38(45)28-27-36-35-17-7-8-18-39(35)48(44(36)37)34-25-23-33(24-26-34)47-42-21-11-9-19-40(42)46(32-15-5-2-6-16-32)41-20-10-12-22-43(41)47;1-41(2)34-18-7-10-21-38(34)43(39-22-11-8-19-35(39)41)29-15-12-16-30(27-29)44-37-20-9-6-17-31(37)32-23-24-36-33(40(32)44)25-26-42(36)28-13-4-3-5-14-28;1-41(2)34-15-7-10-18-38(34)43(39-19-11-8-16-35(39)41)29-20-22-30(23-21-29)44-37-17-9-6-14-31(37)32-24-25-36-33(40(32)44)26-27-42(36)28-12-4-3-5-13-28/h1-30H;2*3-27H,1-2H3. The molecule has 0 spiro atoms. The van der Waals surface area contributed by atoms with E-state index >= 15 is 0 Å². The number of nitrogens with zero attached hydrogens (tertiary/aromatic N) is 10. The van der Waals surface area contributed by atoms with E-state index in [-0.39, 0.29) is 10.8 Å². The van der Waals surface area contributed by atoms with Crippen LogP contribution in [0.1, 0.15) is 49.9 Å². The molecule has 3 aliphatic heterocycles. The summed E-state index contributed by atoms with van der Waals surface area (Å²) in [6.45, 7) is 9.34. The van der Waals surface area contributed by atoms with Gasteiger partial charge < -0.3 is 47.0 Å². The van der Waals surface area contributed by atoms with Crippen LogP contribution >= 0.6 is 0 Å². The maximum absolute atomic E-state index is 2.46. The zero-order valence-corrected chi connectivity index (χ0v) is 75.7. The summed E-state index contributed by atoms with van der Waals surface area (Å²) in [4.78, 5) is 9.61. The van der Waals surface area contributed by atoms with Gasteiger partial charge in [0.1, 0.15) is 0 Å². The highest BCUT2D eigenvalue weighted by molar-refractivity contribution is 6.21. The molecule has 28 rings (SSSR count). The molecule has 0 radical (unpaired) electrons. The number of para-hydroxylation sites is 15. The molecule has 25 aromatic rings. The van der Waals surface area contributed by atoms with Crippen molar-refractivity contribution < 1.29 is 0 Å². The smallest absolute Gasteiger partial charge is 0.0703 e. The lowest BCUT2D eigenvalue weighted by Crippen LogP contribution is -2.30. The van der Waals surface area contributed by atoms with Crippen molar-refractivity contribution in [3.8, 4) is 34.1 Å². The molecule has 0 aliphatic carbocycles. The molecule has 136 heavy (non-hydrogen) atoms. The van der Waals surface area contributed by atoms with Gasteiger partial charge in [0.05, 0.1) is 95.1 Å². The second kappa shape index (κ2) is 31.6. The second-order valence-electron chi connectivity index (χ2n) is 36.8. The highest BCUT2D eigenvalue weighted by Crippen LogP contribution is 2.57. The average molecular weight is 1750 g/mol. The maximum Gasteiger partial charge on any atom is 0.0703 e. The Morgan fingerprint density at radius 1 is 0.147 bits per heavy atom. The Morgan fingerprint density at radius 2 is 0.382 bits per heavy atom. The summed E-state index contributed by atoms with van der Waals surface area (Å²) in [5.74, 6) is 0. The van der Waals surface area contributed by atoms with E-state index in [1.54, 1.807) is 0 Å². The van der Waals surface area contributed by atoms with E-state index in [4.69, 9.17) is 0 Å². The number of fused-ring (bicyclic) bond motifs is 21. The van der Waals surface area contributed by atoms with Crippen molar-refractivity contribution in [2.45, 2.75) is 38.5 Å². The van der Waals surface area contributed by atoms with Crippen molar-refractivity contribution in [2.24, 2.45) is 0 Å². The molecule has 0 N–H and O–H groups in total. The molecule has 0 saturated heterocycles. The third-order valence-electron chi connectivity index (χ3n) is 28.7. The fourth-order valence-electron chi connectivity index (χ4n) is 22.5. The Bertz CT molecular complexity index is 8850. The maximum atomic E-state index is 2.46. The first-order valence-electron chi connectivity index (χ1n) is 47.0. The van der Waals surface area contributed by atoms with Gasteiger partial charge in [0, 0.05) is 135 Å². The second-order valence-corrected chi connectivity index (χ2v) is 36.8. The minimum atomic E-state index is -0.0916. The van der Waals surface area contributed by atoms with Gasteiger partial charge in [-0.15, -0.1) is 0 Å². The van der Waals surface area contributed by atoms with Gasteiger partial charge in [-0.25, -0.2) is 0 Å². The zero-order chi connectivity index (χ0) is 90.4. The summed E-state index contributed by atoms with van der Waals surface area (Å²) >= 11 is 0. The van der Waals surface area contributed by atoms with Gasteiger partial charge in [0.15, 0.2) is 0 Å². The summed E-state index contributed by atoms with van der Waals surface area (Å²) < 4.78 is 14.2. The lowest BCUT2D eigenvalue weighted by Gasteiger charge is -2.42. The van der Waals surface area contributed by atoms with Crippen molar-refractivity contribution in [3.05, 3.63) is 508 Å². The quantitative estimate of drug-likeness (QED) is 0.137. The summed E-state index contributed by atoms with van der Waals surface area (Å²) in [5.41, 5.74) is 37.1. The van der Waals surface area contributed by atoms with Gasteiger partial charge in [-0.05, 0) is 241 Å². The molecule has 19 aromatic carbocycles. The van der Waals surface area contributed by atoms with E-state index in [1.807, 2.05) is 0 Å². The third-order valence-corrected chi connectivity index (χ3v) is 28.7. The van der Waals surface area contributed by atoms with Gasteiger partial charge in [-0.3, -0.25) is 0 Å². The number of hydrogen-bond donors (Lipinski definition) is 0. The normalized spacial score (nSPS) is 13.4. The Morgan fingerprint density at radius 3 is 0.713 bits per heavy atom.